The van der Waals surface area contributed by atoms with Gasteiger partial charge < -0.3 is 15.4 Å². The van der Waals surface area contributed by atoms with Gasteiger partial charge in [0.15, 0.2) is 0 Å². The number of amides is 1. The molecule has 7 nitrogen and oxygen atoms in total. The standard InChI is InChI=1S/C12H14ClN3O4.ClH/c13-8-1-2-11(16(18)19)10(5-8)12(17)15-3-4-20-9(6-14)7-15;/h1-2,5,9H,3-4,6-7,14H2;1H. The van der Waals surface area contributed by atoms with Crippen molar-refractivity contribution in [1.82, 2.24) is 4.90 Å². The highest BCUT2D eigenvalue weighted by Crippen LogP contribution is 2.24. The number of morpholine rings is 1. The van der Waals surface area contributed by atoms with Gasteiger partial charge in [-0.3, -0.25) is 14.9 Å². The van der Waals surface area contributed by atoms with Crippen LogP contribution in [0.25, 0.3) is 0 Å². The second kappa shape index (κ2) is 7.56. The number of nitro groups is 1. The second-order valence-corrected chi connectivity index (χ2v) is 4.83. The van der Waals surface area contributed by atoms with E-state index in [1.165, 1.54) is 23.1 Å². The van der Waals surface area contributed by atoms with Crippen molar-refractivity contribution in [3.05, 3.63) is 38.9 Å². The molecule has 21 heavy (non-hydrogen) atoms. The van der Waals surface area contributed by atoms with Crippen LogP contribution in [0.4, 0.5) is 5.69 Å². The number of halogens is 2. The maximum Gasteiger partial charge on any atom is 0.282 e. The summed E-state index contributed by atoms with van der Waals surface area (Å²) < 4.78 is 5.37. The minimum absolute atomic E-state index is 0. The molecular weight excluding hydrogens is 321 g/mol. The Hall–Kier alpha value is -1.41. The number of benzene rings is 1. The fraction of sp³-hybridized carbons (Fsp3) is 0.417. The number of ether oxygens (including phenoxy) is 1. The molecule has 1 saturated heterocycles. The predicted octanol–water partition coefficient (Wildman–Crippen LogP) is 1.47. The number of rotatable bonds is 3. The molecule has 1 fully saturated rings. The van der Waals surface area contributed by atoms with Gasteiger partial charge in [-0.15, -0.1) is 12.4 Å². The van der Waals surface area contributed by atoms with Crippen molar-refractivity contribution in [3.63, 3.8) is 0 Å². The monoisotopic (exact) mass is 335 g/mol. The van der Waals surface area contributed by atoms with Crippen LogP contribution in [-0.2, 0) is 4.74 Å². The molecule has 2 rings (SSSR count). The van der Waals surface area contributed by atoms with Gasteiger partial charge in [0.05, 0.1) is 17.6 Å². The van der Waals surface area contributed by atoms with Gasteiger partial charge in [0.2, 0.25) is 0 Å². The Morgan fingerprint density at radius 2 is 2.29 bits per heavy atom. The number of nitrogens with zero attached hydrogens (tertiary/aromatic N) is 2. The van der Waals surface area contributed by atoms with Gasteiger partial charge in [0.25, 0.3) is 11.6 Å². The summed E-state index contributed by atoms with van der Waals surface area (Å²) >= 11 is 5.82. The summed E-state index contributed by atoms with van der Waals surface area (Å²) in [6, 6.07) is 3.93. The van der Waals surface area contributed by atoms with Crippen molar-refractivity contribution < 1.29 is 14.5 Å². The largest absolute Gasteiger partial charge is 0.373 e. The number of hydrogen-bond donors (Lipinski definition) is 1. The van der Waals surface area contributed by atoms with Gasteiger partial charge in [-0.25, -0.2) is 0 Å². The van der Waals surface area contributed by atoms with E-state index < -0.39 is 10.8 Å². The molecule has 1 amide bonds. The van der Waals surface area contributed by atoms with Gasteiger partial charge >= 0.3 is 0 Å². The van der Waals surface area contributed by atoms with Crippen molar-refractivity contribution in [3.8, 4) is 0 Å². The smallest absolute Gasteiger partial charge is 0.282 e. The minimum Gasteiger partial charge on any atom is -0.373 e. The Labute approximate surface area is 132 Å². The highest BCUT2D eigenvalue weighted by atomic mass is 35.5. The fourth-order valence-electron chi connectivity index (χ4n) is 2.06. The summed E-state index contributed by atoms with van der Waals surface area (Å²) in [6.07, 6.45) is -0.244. The molecule has 1 unspecified atom stereocenters. The van der Waals surface area contributed by atoms with Crippen LogP contribution in [0.2, 0.25) is 5.02 Å². The molecule has 1 atom stereocenters. The molecule has 1 aliphatic heterocycles. The summed E-state index contributed by atoms with van der Waals surface area (Å²) in [7, 11) is 0. The third-order valence-corrected chi connectivity index (χ3v) is 3.31. The number of hydrogen-bond acceptors (Lipinski definition) is 5. The van der Waals surface area contributed by atoms with E-state index in [0.717, 1.165) is 0 Å². The molecule has 116 valence electrons. The van der Waals surface area contributed by atoms with E-state index in [9.17, 15) is 14.9 Å². The first-order chi connectivity index (χ1) is 9.52. The molecular formula is C12H15Cl2N3O4. The average molecular weight is 336 g/mol. The van der Waals surface area contributed by atoms with E-state index in [0.29, 0.717) is 26.2 Å². The molecule has 1 aliphatic rings. The SMILES string of the molecule is Cl.NCC1CN(C(=O)c2cc(Cl)ccc2[N+](=O)[O-])CCO1. The molecule has 0 radical (unpaired) electrons. The zero-order valence-electron chi connectivity index (χ0n) is 11.0. The fourth-order valence-corrected chi connectivity index (χ4v) is 2.23. The van der Waals surface area contributed by atoms with Gasteiger partial charge in [-0.1, -0.05) is 11.6 Å². The lowest BCUT2D eigenvalue weighted by Gasteiger charge is -2.32. The van der Waals surface area contributed by atoms with Crippen LogP contribution in [0.1, 0.15) is 10.4 Å². The van der Waals surface area contributed by atoms with E-state index >= 15 is 0 Å². The second-order valence-electron chi connectivity index (χ2n) is 4.40. The topological polar surface area (TPSA) is 98.7 Å². The molecule has 2 N–H and O–H groups in total. The Morgan fingerprint density at radius 3 is 2.90 bits per heavy atom. The van der Waals surface area contributed by atoms with E-state index in [1.54, 1.807) is 0 Å². The van der Waals surface area contributed by atoms with Crippen molar-refractivity contribution in [2.75, 3.05) is 26.2 Å². The Kier molecular flexibility index (Phi) is 6.35. The Morgan fingerprint density at radius 1 is 1.57 bits per heavy atom. The highest BCUT2D eigenvalue weighted by molar-refractivity contribution is 6.31. The first-order valence-corrected chi connectivity index (χ1v) is 6.45. The maximum atomic E-state index is 12.4. The van der Waals surface area contributed by atoms with Crippen LogP contribution in [0, 0.1) is 10.1 Å². The summed E-state index contributed by atoms with van der Waals surface area (Å²) in [4.78, 5) is 24.3. The molecule has 0 aromatic heterocycles. The van der Waals surface area contributed by atoms with E-state index in [1.807, 2.05) is 0 Å². The van der Waals surface area contributed by atoms with Gasteiger partial charge in [0, 0.05) is 30.7 Å². The van der Waals surface area contributed by atoms with Crippen LogP contribution in [0.3, 0.4) is 0 Å². The quantitative estimate of drug-likeness (QED) is 0.666. The van der Waals surface area contributed by atoms with E-state index in [4.69, 9.17) is 22.1 Å². The lowest BCUT2D eigenvalue weighted by atomic mass is 10.1. The summed E-state index contributed by atoms with van der Waals surface area (Å²) in [5.74, 6) is -0.430. The van der Waals surface area contributed by atoms with Crippen molar-refractivity contribution in [1.29, 1.82) is 0 Å². The van der Waals surface area contributed by atoms with Crippen LogP contribution >= 0.6 is 24.0 Å². The minimum atomic E-state index is -0.593. The van der Waals surface area contributed by atoms with Gasteiger partial charge in [0.1, 0.15) is 5.56 Å². The Balaban J connectivity index is 0.00000220. The van der Waals surface area contributed by atoms with E-state index in [-0.39, 0.29) is 34.8 Å². The van der Waals surface area contributed by atoms with Crippen molar-refractivity contribution in [2.24, 2.45) is 5.73 Å². The summed E-state index contributed by atoms with van der Waals surface area (Å²) in [6.45, 7) is 1.35. The molecule has 0 bridgehead atoms. The normalized spacial score (nSPS) is 18.0. The number of carbonyl (C=O) groups is 1. The first kappa shape index (κ1) is 17.6. The molecule has 9 heteroatoms. The van der Waals surface area contributed by atoms with Crippen molar-refractivity contribution in [2.45, 2.75) is 6.10 Å². The molecule has 1 heterocycles. The number of nitrogens with two attached hydrogens (primary N) is 1. The zero-order valence-corrected chi connectivity index (χ0v) is 12.6. The molecule has 0 spiro atoms. The Bertz CT molecular complexity index is 541. The van der Waals surface area contributed by atoms with Crippen LogP contribution in [-0.4, -0.2) is 48.1 Å². The summed E-state index contributed by atoms with van der Waals surface area (Å²) in [5, 5.41) is 11.3. The van der Waals surface area contributed by atoms with E-state index in [2.05, 4.69) is 0 Å². The molecule has 0 aliphatic carbocycles. The third-order valence-electron chi connectivity index (χ3n) is 3.07. The van der Waals surface area contributed by atoms with Crippen LogP contribution in [0.5, 0.6) is 0 Å². The number of carbonyl (C=O) groups excluding carboxylic acids is 1. The molecule has 1 aromatic carbocycles. The lowest BCUT2D eigenvalue weighted by Crippen LogP contribution is -2.48. The lowest BCUT2D eigenvalue weighted by molar-refractivity contribution is -0.385. The maximum absolute atomic E-state index is 12.4. The highest BCUT2D eigenvalue weighted by Gasteiger charge is 2.29. The van der Waals surface area contributed by atoms with Gasteiger partial charge in [-0.05, 0) is 12.1 Å². The van der Waals surface area contributed by atoms with Gasteiger partial charge in [-0.2, -0.15) is 0 Å². The third kappa shape index (κ3) is 4.04. The van der Waals surface area contributed by atoms with Crippen LogP contribution < -0.4 is 5.73 Å². The number of nitro benzene ring substituents is 1. The summed E-state index contributed by atoms with van der Waals surface area (Å²) in [5.41, 5.74) is 5.25. The predicted molar refractivity (Wildman–Crippen MR) is 80.1 cm³/mol. The van der Waals surface area contributed by atoms with Crippen LogP contribution in [0.15, 0.2) is 18.2 Å². The first-order valence-electron chi connectivity index (χ1n) is 6.08. The average Bonchev–Trinajstić information content (AvgIpc) is 2.46. The molecule has 1 aromatic rings. The zero-order chi connectivity index (χ0) is 14.7. The molecule has 0 saturated carbocycles. The van der Waals surface area contributed by atoms with Crippen molar-refractivity contribution >= 4 is 35.6 Å².